The second-order valence-electron chi connectivity index (χ2n) is 7.64. The van der Waals surface area contributed by atoms with Crippen molar-refractivity contribution in [3.63, 3.8) is 0 Å². The van der Waals surface area contributed by atoms with Crippen LogP contribution in [0, 0.1) is 31.1 Å². The Kier molecular flexibility index (Phi) is 7.85. The monoisotopic (exact) mass is 412 g/mol. The van der Waals surface area contributed by atoms with Gasteiger partial charge in [-0.15, -0.1) is 10.2 Å². The molecule has 8 heteroatoms. The first-order chi connectivity index (χ1) is 13.7. The van der Waals surface area contributed by atoms with Crippen molar-refractivity contribution in [2.45, 2.75) is 60.4 Å². The highest BCUT2D eigenvalue weighted by Crippen LogP contribution is 2.35. The molecule has 0 aliphatic rings. The standard InChI is InChI=1S/C21H28N6OS/c1-12(2)7-8-14(4)23-18-10-19(24-16(6)28)20(9-13(18)3)25-26-21-17(11-22)15(5)27-29-21/h9-10,12,14,23H,7-8H2,1-6H3,(H,24,28). The summed E-state index contributed by atoms with van der Waals surface area (Å²) in [4.78, 5) is 11.7. The first-order valence-corrected chi connectivity index (χ1v) is 10.5. The number of nitrogens with one attached hydrogen (secondary N) is 2. The molecule has 0 aliphatic heterocycles. The van der Waals surface area contributed by atoms with Crippen LogP contribution in [-0.4, -0.2) is 16.3 Å². The highest BCUT2D eigenvalue weighted by molar-refractivity contribution is 7.10. The van der Waals surface area contributed by atoms with Crippen molar-refractivity contribution in [1.29, 1.82) is 5.26 Å². The Bertz CT molecular complexity index is 941. The van der Waals surface area contributed by atoms with E-state index in [1.807, 2.05) is 19.1 Å². The van der Waals surface area contributed by atoms with Crippen LogP contribution in [0.25, 0.3) is 0 Å². The van der Waals surface area contributed by atoms with Gasteiger partial charge in [0, 0.05) is 18.7 Å². The van der Waals surface area contributed by atoms with E-state index in [9.17, 15) is 10.1 Å². The molecule has 1 unspecified atom stereocenters. The van der Waals surface area contributed by atoms with Gasteiger partial charge in [-0.25, -0.2) is 0 Å². The number of azo groups is 1. The number of benzene rings is 1. The summed E-state index contributed by atoms with van der Waals surface area (Å²) in [6.45, 7) is 11.8. The minimum Gasteiger partial charge on any atom is -0.382 e. The van der Waals surface area contributed by atoms with Crippen molar-refractivity contribution >= 4 is 39.5 Å². The normalized spacial score (nSPS) is 12.2. The molecule has 0 saturated heterocycles. The Morgan fingerprint density at radius 2 is 1.93 bits per heavy atom. The number of carbonyl (C=O) groups is 1. The zero-order valence-corrected chi connectivity index (χ0v) is 18.6. The Balaban J connectivity index is 2.32. The number of amides is 1. The van der Waals surface area contributed by atoms with Crippen molar-refractivity contribution in [2.24, 2.45) is 16.1 Å². The number of aryl methyl sites for hydroxylation is 2. The maximum atomic E-state index is 11.7. The smallest absolute Gasteiger partial charge is 0.221 e. The maximum absolute atomic E-state index is 11.7. The van der Waals surface area contributed by atoms with Crippen LogP contribution in [-0.2, 0) is 4.79 Å². The van der Waals surface area contributed by atoms with Gasteiger partial charge < -0.3 is 10.6 Å². The Labute approximate surface area is 176 Å². The van der Waals surface area contributed by atoms with E-state index in [2.05, 4.69) is 52.1 Å². The largest absolute Gasteiger partial charge is 0.382 e. The van der Waals surface area contributed by atoms with Crippen LogP contribution in [0.5, 0.6) is 0 Å². The minimum atomic E-state index is -0.185. The van der Waals surface area contributed by atoms with Crippen LogP contribution in [0.15, 0.2) is 22.4 Å². The Morgan fingerprint density at radius 3 is 2.55 bits per heavy atom. The molecule has 1 aromatic heterocycles. The summed E-state index contributed by atoms with van der Waals surface area (Å²) in [7, 11) is 0. The Hall–Kier alpha value is -2.79. The van der Waals surface area contributed by atoms with Gasteiger partial charge in [-0.1, -0.05) is 13.8 Å². The van der Waals surface area contributed by atoms with Gasteiger partial charge in [-0.2, -0.15) is 9.64 Å². The highest BCUT2D eigenvalue weighted by atomic mass is 32.1. The number of carbonyl (C=O) groups excluding carboxylic acids is 1. The van der Waals surface area contributed by atoms with E-state index in [0.29, 0.717) is 39.6 Å². The number of nitrogens with zero attached hydrogens (tertiary/aromatic N) is 4. The van der Waals surface area contributed by atoms with E-state index in [1.165, 1.54) is 6.92 Å². The van der Waals surface area contributed by atoms with Gasteiger partial charge in [-0.3, -0.25) is 4.79 Å². The average Bonchev–Trinajstić information content (AvgIpc) is 3.00. The molecule has 1 amide bonds. The molecule has 0 bridgehead atoms. The van der Waals surface area contributed by atoms with E-state index >= 15 is 0 Å². The third-order valence-corrected chi connectivity index (χ3v) is 5.26. The van der Waals surface area contributed by atoms with E-state index in [-0.39, 0.29) is 5.91 Å². The summed E-state index contributed by atoms with van der Waals surface area (Å²) in [5.41, 5.74) is 4.13. The lowest BCUT2D eigenvalue weighted by Crippen LogP contribution is -2.17. The number of anilines is 2. The second-order valence-corrected chi connectivity index (χ2v) is 8.39. The zero-order chi connectivity index (χ0) is 21.6. The number of rotatable bonds is 8. The molecule has 1 atom stereocenters. The summed E-state index contributed by atoms with van der Waals surface area (Å²) in [6.07, 6.45) is 2.21. The summed E-state index contributed by atoms with van der Waals surface area (Å²) in [5, 5.41) is 24.6. The van der Waals surface area contributed by atoms with Crippen molar-refractivity contribution in [3.8, 4) is 6.07 Å². The van der Waals surface area contributed by atoms with Crippen LogP contribution in [0.2, 0.25) is 0 Å². The van der Waals surface area contributed by atoms with E-state index < -0.39 is 0 Å². The van der Waals surface area contributed by atoms with Crippen LogP contribution >= 0.6 is 11.5 Å². The van der Waals surface area contributed by atoms with Gasteiger partial charge in [0.05, 0.1) is 11.4 Å². The molecule has 2 aromatic rings. The number of aromatic nitrogens is 1. The molecule has 0 aliphatic carbocycles. The summed E-state index contributed by atoms with van der Waals surface area (Å²) >= 11 is 1.13. The van der Waals surface area contributed by atoms with Crippen LogP contribution in [0.1, 0.15) is 57.4 Å². The molecule has 0 fully saturated rings. The number of hydrogen-bond donors (Lipinski definition) is 2. The molecular weight excluding hydrogens is 384 g/mol. The molecule has 154 valence electrons. The maximum Gasteiger partial charge on any atom is 0.221 e. The van der Waals surface area contributed by atoms with E-state index in [1.54, 1.807) is 6.92 Å². The third-order valence-electron chi connectivity index (χ3n) is 4.44. The molecule has 7 nitrogen and oxygen atoms in total. The fourth-order valence-corrected chi connectivity index (χ4v) is 3.47. The van der Waals surface area contributed by atoms with Crippen molar-refractivity contribution in [3.05, 3.63) is 29.0 Å². The molecular formula is C21H28N6OS. The lowest BCUT2D eigenvalue weighted by Gasteiger charge is -2.19. The van der Waals surface area contributed by atoms with Gasteiger partial charge in [0.25, 0.3) is 0 Å². The SMILES string of the molecule is CC(=O)Nc1cc(NC(C)CCC(C)C)c(C)cc1N=Nc1snc(C)c1C#N. The fourth-order valence-electron chi connectivity index (χ4n) is 2.80. The van der Waals surface area contributed by atoms with Crippen molar-refractivity contribution < 1.29 is 4.79 Å². The Morgan fingerprint density at radius 1 is 1.21 bits per heavy atom. The minimum absolute atomic E-state index is 0.185. The molecule has 29 heavy (non-hydrogen) atoms. The van der Waals surface area contributed by atoms with E-state index in [4.69, 9.17) is 0 Å². The van der Waals surface area contributed by atoms with E-state index in [0.717, 1.165) is 35.6 Å². The fraction of sp³-hybridized carbons (Fsp3) is 0.476. The van der Waals surface area contributed by atoms with Gasteiger partial charge in [0.15, 0.2) is 5.00 Å². The molecule has 2 rings (SSSR count). The van der Waals surface area contributed by atoms with Gasteiger partial charge in [0.2, 0.25) is 5.91 Å². The van der Waals surface area contributed by atoms with Crippen molar-refractivity contribution in [2.75, 3.05) is 10.6 Å². The van der Waals surface area contributed by atoms with Gasteiger partial charge in [0.1, 0.15) is 17.3 Å². The summed E-state index contributed by atoms with van der Waals surface area (Å²) < 4.78 is 4.15. The summed E-state index contributed by atoms with van der Waals surface area (Å²) in [5.74, 6) is 0.474. The third kappa shape index (κ3) is 6.36. The predicted molar refractivity (Wildman–Crippen MR) is 118 cm³/mol. The molecule has 0 saturated carbocycles. The van der Waals surface area contributed by atoms with Crippen LogP contribution < -0.4 is 10.6 Å². The number of hydrogen-bond acceptors (Lipinski definition) is 7. The average molecular weight is 413 g/mol. The zero-order valence-electron chi connectivity index (χ0n) is 17.8. The molecule has 0 spiro atoms. The number of nitriles is 1. The first kappa shape index (κ1) is 22.5. The molecule has 1 aromatic carbocycles. The van der Waals surface area contributed by atoms with Gasteiger partial charge in [-0.05, 0) is 68.8 Å². The van der Waals surface area contributed by atoms with Crippen molar-refractivity contribution in [1.82, 2.24) is 4.37 Å². The highest BCUT2D eigenvalue weighted by Gasteiger charge is 2.13. The van der Waals surface area contributed by atoms with Crippen LogP contribution in [0.4, 0.5) is 22.1 Å². The first-order valence-electron chi connectivity index (χ1n) is 9.68. The lowest BCUT2D eigenvalue weighted by molar-refractivity contribution is -0.114. The predicted octanol–water partition coefficient (Wildman–Crippen LogP) is 6.24. The molecule has 1 heterocycles. The topological polar surface area (TPSA) is 103 Å². The molecule has 2 N–H and O–H groups in total. The summed E-state index contributed by atoms with van der Waals surface area (Å²) in [6, 6.07) is 6.19. The van der Waals surface area contributed by atoms with Gasteiger partial charge >= 0.3 is 0 Å². The quantitative estimate of drug-likeness (QED) is 0.501. The second kappa shape index (κ2) is 10.1. The lowest BCUT2D eigenvalue weighted by atomic mass is 10.0. The molecule has 0 radical (unpaired) electrons. The van der Waals surface area contributed by atoms with Crippen LogP contribution in [0.3, 0.4) is 0 Å².